The first-order chi connectivity index (χ1) is 6.91. The molecule has 15 heavy (non-hydrogen) atoms. The third-order valence-electron chi connectivity index (χ3n) is 1.34. The summed E-state index contributed by atoms with van der Waals surface area (Å²) < 4.78 is 0.231. The molecule has 1 aromatic heterocycles. The lowest BCUT2D eigenvalue weighted by molar-refractivity contribution is -0.385. The van der Waals surface area contributed by atoms with Gasteiger partial charge in [-0.3, -0.25) is 15.4 Å². The van der Waals surface area contributed by atoms with E-state index >= 15 is 0 Å². The molecule has 1 rings (SSSR count). The molecule has 0 aliphatic heterocycles. The van der Waals surface area contributed by atoms with Crippen LogP contribution in [0, 0.1) is 10.1 Å². The maximum absolute atomic E-state index is 10.6. The number of aromatic nitrogens is 1. The van der Waals surface area contributed by atoms with Gasteiger partial charge in [-0.05, 0) is 31.9 Å². The molecule has 7 nitrogen and oxygen atoms in total. The minimum absolute atomic E-state index is 0.0503. The summed E-state index contributed by atoms with van der Waals surface area (Å²) in [5.74, 6) is 0. The number of nitrogens with one attached hydrogen (secondary N) is 1. The molecule has 9 heteroatoms. The van der Waals surface area contributed by atoms with E-state index in [2.05, 4.69) is 36.8 Å². The van der Waals surface area contributed by atoms with Crippen molar-refractivity contribution in [3.05, 3.63) is 25.4 Å². The molecule has 2 N–H and O–H groups in total. The standard InChI is InChI=1S/C6H3Br2N3O4/c7-3-1-2(9-6(12)13)4(11(14)15)5(8)10-3/h1H,(H,9,10)(H,12,13). The topological polar surface area (TPSA) is 105 Å². The van der Waals surface area contributed by atoms with Crippen molar-refractivity contribution in [2.24, 2.45) is 0 Å². The molecular weight excluding hydrogens is 338 g/mol. The Morgan fingerprint density at radius 3 is 2.67 bits per heavy atom. The SMILES string of the molecule is O=C(O)Nc1cc(Br)nc(Br)c1[N+](=O)[O-]. The largest absolute Gasteiger partial charge is 0.465 e. The van der Waals surface area contributed by atoms with Gasteiger partial charge in [0.15, 0.2) is 4.60 Å². The second-order valence-corrected chi connectivity index (χ2v) is 3.88. The highest BCUT2D eigenvalue weighted by Gasteiger charge is 2.22. The highest BCUT2D eigenvalue weighted by atomic mass is 79.9. The van der Waals surface area contributed by atoms with Gasteiger partial charge in [-0.1, -0.05) is 0 Å². The van der Waals surface area contributed by atoms with Crippen molar-refractivity contribution < 1.29 is 14.8 Å². The van der Waals surface area contributed by atoms with Crippen molar-refractivity contribution >= 4 is 49.3 Å². The van der Waals surface area contributed by atoms with Crippen LogP contribution in [0.3, 0.4) is 0 Å². The molecule has 0 aromatic carbocycles. The number of nitro groups is 1. The summed E-state index contributed by atoms with van der Waals surface area (Å²) >= 11 is 5.86. The number of carboxylic acid groups (broad SMARTS) is 1. The molecule has 0 atom stereocenters. The molecule has 0 bridgehead atoms. The summed E-state index contributed by atoms with van der Waals surface area (Å²) in [6.45, 7) is 0. The predicted molar refractivity (Wildman–Crippen MR) is 57.9 cm³/mol. The maximum Gasteiger partial charge on any atom is 0.409 e. The summed E-state index contributed by atoms with van der Waals surface area (Å²) in [4.78, 5) is 24.0. The van der Waals surface area contributed by atoms with Gasteiger partial charge in [0.1, 0.15) is 10.3 Å². The summed E-state index contributed by atoms with van der Waals surface area (Å²) in [5, 5.41) is 21.0. The van der Waals surface area contributed by atoms with Gasteiger partial charge >= 0.3 is 11.8 Å². The number of pyridine rings is 1. The first-order valence-corrected chi connectivity index (χ1v) is 5.01. The van der Waals surface area contributed by atoms with Crippen LogP contribution in [0.4, 0.5) is 16.2 Å². The summed E-state index contributed by atoms with van der Waals surface area (Å²) in [5.41, 5.74) is -0.582. The summed E-state index contributed by atoms with van der Waals surface area (Å²) in [6, 6.07) is 1.21. The van der Waals surface area contributed by atoms with Crippen LogP contribution in [0.15, 0.2) is 15.3 Å². The Labute approximate surface area is 99.9 Å². The Balaban J connectivity index is 3.33. The zero-order valence-electron chi connectivity index (χ0n) is 6.90. The first-order valence-electron chi connectivity index (χ1n) is 3.42. The lowest BCUT2D eigenvalue weighted by atomic mass is 10.3. The smallest absolute Gasteiger partial charge is 0.409 e. The molecule has 0 unspecified atom stereocenters. The zero-order chi connectivity index (χ0) is 11.6. The van der Waals surface area contributed by atoms with Crippen LogP contribution in [-0.4, -0.2) is 21.1 Å². The fourth-order valence-electron chi connectivity index (χ4n) is 0.862. The Kier molecular flexibility index (Phi) is 3.58. The number of amides is 1. The Bertz CT molecular complexity index is 437. The van der Waals surface area contributed by atoms with Gasteiger partial charge in [-0.2, -0.15) is 0 Å². The van der Waals surface area contributed by atoms with Crippen molar-refractivity contribution in [3.63, 3.8) is 0 Å². The molecule has 0 fully saturated rings. The fourth-order valence-corrected chi connectivity index (χ4v) is 2.06. The van der Waals surface area contributed by atoms with Gasteiger partial charge in [0.2, 0.25) is 0 Å². The van der Waals surface area contributed by atoms with Crippen LogP contribution in [-0.2, 0) is 0 Å². The van der Waals surface area contributed by atoms with Gasteiger partial charge in [0.25, 0.3) is 0 Å². The highest BCUT2D eigenvalue weighted by Crippen LogP contribution is 2.33. The van der Waals surface area contributed by atoms with Crippen molar-refractivity contribution in [1.29, 1.82) is 0 Å². The van der Waals surface area contributed by atoms with Crippen molar-refractivity contribution in [1.82, 2.24) is 4.98 Å². The summed E-state index contributed by atoms with van der Waals surface area (Å²) in [7, 11) is 0. The number of rotatable bonds is 2. The van der Waals surface area contributed by atoms with Crippen LogP contribution >= 0.6 is 31.9 Å². The molecular formula is C6H3Br2N3O4. The van der Waals surface area contributed by atoms with Gasteiger partial charge in [-0.25, -0.2) is 9.78 Å². The summed E-state index contributed by atoms with van der Waals surface area (Å²) in [6.07, 6.45) is -1.39. The van der Waals surface area contributed by atoms with Gasteiger partial charge < -0.3 is 5.11 Å². The average Bonchev–Trinajstić information content (AvgIpc) is 1.99. The van der Waals surface area contributed by atoms with Crippen LogP contribution in [0.25, 0.3) is 0 Å². The van der Waals surface area contributed by atoms with Crippen LogP contribution in [0.5, 0.6) is 0 Å². The van der Waals surface area contributed by atoms with Gasteiger partial charge in [0.05, 0.1) is 4.92 Å². The van der Waals surface area contributed by atoms with Crippen LogP contribution < -0.4 is 5.32 Å². The van der Waals surface area contributed by atoms with E-state index < -0.39 is 16.7 Å². The number of halogens is 2. The van der Waals surface area contributed by atoms with E-state index in [1.807, 2.05) is 5.32 Å². The predicted octanol–water partition coefficient (Wildman–Crippen LogP) is 2.60. The van der Waals surface area contributed by atoms with E-state index in [-0.39, 0.29) is 14.9 Å². The van der Waals surface area contributed by atoms with E-state index in [1.54, 1.807) is 0 Å². The lowest BCUT2D eigenvalue weighted by Crippen LogP contribution is -2.10. The number of carbonyl (C=O) groups is 1. The van der Waals surface area contributed by atoms with Gasteiger partial charge in [-0.15, -0.1) is 0 Å². The third kappa shape index (κ3) is 2.86. The maximum atomic E-state index is 10.6. The molecule has 1 heterocycles. The molecule has 0 radical (unpaired) electrons. The molecule has 80 valence electrons. The Morgan fingerprint density at radius 2 is 2.20 bits per heavy atom. The van der Waals surface area contributed by atoms with E-state index in [0.717, 1.165) is 0 Å². The number of anilines is 1. The zero-order valence-corrected chi connectivity index (χ0v) is 10.1. The molecule has 0 saturated heterocycles. The van der Waals surface area contributed by atoms with Gasteiger partial charge in [0, 0.05) is 6.07 Å². The molecule has 0 saturated carbocycles. The van der Waals surface area contributed by atoms with Crippen molar-refractivity contribution in [2.75, 3.05) is 5.32 Å². The van der Waals surface area contributed by atoms with Crippen molar-refractivity contribution in [3.8, 4) is 0 Å². The number of nitrogens with zero attached hydrogens (tertiary/aromatic N) is 2. The molecule has 1 amide bonds. The Hall–Kier alpha value is -1.22. The second-order valence-electron chi connectivity index (χ2n) is 2.32. The van der Waals surface area contributed by atoms with E-state index in [1.165, 1.54) is 6.07 Å². The third-order valence-corrected chi connectivity index (χ3v) is 2.30. The number of hydrogen-bond acceptors (Lipinski definition) is 4. The van der Waals surface area contributed by atoms with Crippen molar-refractivity contribution in [2.45, 2.75) is 0 Å². The fraction of sp³-hybridized carbons (Fsp3) is 0. The van der Waals surface area contributed by atoms with E-state index in [4.69, 9.17) is 5.11 Å². The van der Waals surface area contributed by atoms with E-state index in [9.17, 15) is 14.9 Å². The Morgan fingerprint density at radius 1 is 1.60 bits per heavy atom. The lowest BCUT2D eigenvalue weighted by Gasteiger charge is -2.03. The van der Waals surface area contributed by atoms with Crippen LogP contribution in [0.2, 0.25) is 0 Å². The molecule has 0 aliphatic carbocycles. The minimum Gasteiger partial charge on any atom is -0.465 e. The minimum atomic E-state index is -1.39. The highest BCUT2D eigenvalue weighted by molar-refractivity contribution is 9.11. The van der Waals surface area contributed by atoms with Crippen LogP contribution in [0.1, 0.15) is 0 Å². The normalized spacial score (nSPS) is 9.73. The van der Waals surface area contributed by atoms with E-state index in [0.29, 0.717) is 0 Å². The first kappa shape index (κ1) is 11.9. The monoisotopic (exact) mass is 339 g/mol. The quantitative estimate of drug-likeness (QED) is 0.489. The molecule has 1 aromatic rings. The average molecular weight is 341 g/mol. The second kappa shape index (κ2) is 4.53. The molecule has 0 aliphatic rings. The number of hydrogen-bond donors (Lipinski definition) is 2. The molecule has 0 spiro atoms.